The fourth-order valence-electron chi connectivity index (χ4n) is 3.73. The number of β-lactam (4-membered cyclic amide) rings is 1. The lowest BCUT2D eigenvalue weighted by Crippen LogP contribution is -2.48. The fourth-order valence-corrected chi connectivity index (χ4v) is 4.86. The van der Waals surface area contributed by atoms with E-state index in [4.69, 9.17) is 23.1 Å². The molecule has 1 fully saturated rings. The van der Waals surface area contributed by atoms with Crippen LogP contribution in [0.3, 0.4) is 0 Å². The minimum absolute atomic E-state index is 0.0492. The van der Waals surface area contributed by atoms with Crippen LogP contribution < -0.4 is 28.0 Å². The van der Waals surface area contributed by atoms with Gasteiger partial charge in [-0.25, -0.2) is 0 Å². The second-order valence-electron chi connectivity index (χ2n) is 7.60. The SMILES string of the molecule is C=C1C(=O)N(c2cc(OC)c(OC)c(OC)c2)C1c1ccc(OC)c(OS(=O)(=O)CCCC)c1. The molecular formula is C24H29NO8S. The molecule has 0 N–H and O–H groups in total. The second-order valence-corrected chi connectivity index (χ2v) is 9.29. The Morgan fingerprint density at radius 3 is 2.06 bits per heavy atom. The van der Waals surface area contributed by atoms with Crippen molar-refractivity contribution in [3.63, 3.8) is 0 Å². The monoisotopic (exact) mass is 491 g/mol. The number of carbonyl (C=O) groups excluding carboxylic acids is 1. The van der Waals surface area contributed by atoms with Crippen molar-refractivity contribution in [1.82, 2.24) is 0 Å². The quantitative estimate of drug-likeness (QED) is 0.265. The van der Waals surface area contributed by atoms with Crippen LogP contribution in [0.2, 0.25) is 0 Å². The van der Waals surface area contributed by atoms with Gasteiger partial charge in [-0.15, -0.1) is 0 Å². The molecule has 0 spiro atoms. The topological polar surface area (TPSA) is 101 Å². The first kappa shape index (κ1) is 25.2. The first-order valence-corrected chi connectivity index (χ1v) is 12.2. The van der Waals surface area contributed by atoms with Gasteiger partial charge >= 0.3 is 10.1 Å². The molecule has 0 aliphatic carbocycles. The smallest absolute Gasteiger partial charge is 0.309 e. The molecule has 10 heteroatoms. The summed E-state index contributed by atoms with van der Waals surface area (Å²) in [7, 11) is 2.09. The Hall–Kier alpha value is -3.40. The standard InChI is InChI=1S/C24H29NO8S/c1-7-8-11-34(27,28)33-19-12-16(9-10-18(19)29-3)22-15(2)24(26)25(22)17-13-20(30-4)23(32-6)21(14-17)31-5/h9-10,12-14,22H,2,7-8,11H2,1,3-6H3. The average molecular weight is 492 g/mol. The van der Waals surface area contributed by atoms with Gasteiger partial charge in [0, 0.05) is 17.7 Å². The van der Waals surface area contributed by atoms with Crippen LogP contribution in [0, 0.1) is 0 Å². The van der Waals surface area contributed by atoms with Crippen molar-refractivity contribution in [2.45, 2.75) is 25.8 Å². The molecule has 0 radical (unpaired) electrons. The zero-order valence-corrected chi connectivity index (χ0v) is 20.7. The minimum atomic E-state index is -3.81. The van der Waals surface area contributed by atoms with Gasteiger partial charge in [-0.1, -0.05) is 26.0 Å². The van der Waals surface area contributed by atoms with Gasteiger partial charge < -0.3 is 23.1 Å². The minimum Gasteiger partial charge on any atom is -0.493 e. The van der Waals surface area contributed by atoms with Crippen LogP contribution in [0.1, 0.15) is 31.4 Å². The molecule has 2 aromatic rings. The summed E-state index contributed by atoms with van der Waals surface area (Å²) in [5.41, 5.74) is 1.46. The maximum Gasteiger partial charge on any atom is 0.309 e. The van der Waals surface area contributed by atoms with Crippen molar-refractivity contribution >= 4 is 21.7 Å². The number of methoxy groups -OCH3 is 4. The highest BCUT2D eigenvalue weighted by Gasteiger charge is 2.43. The molecule has 1 heterocycles. The van der Waals surface area contributed by atoms with Crippen LogP contribution in [-0.2, 0) is 14.9 Å². The summed E-state index contributed by atoms with van der Waals surface area (Å²) in [4.78, 5) is 14.3. The highest BCUT2D eigenvalue weighted by Crippen LogP contribution is 2.48. The predicted octanol–water partition coefficient (Wildman–Crippen LogP) is 3.87. The summed E-state index contributed by atoms with van der Waals surface area (Å²) in [5.74, 6) is 1.10. The zero-order chi connectivity index (χ0) is 25.0. The van der Waals surface area contributed by atoms with Crippen LogP contribution in [0.25, 0.3) is 0 Å². The van der Waals surface area contributed by atoms with Gasteiger partial charge in [0.2, 0.25) is 5.75 Å². The predicted molar refractivity (Wildman–Crippen MR) is 128 cm³/mol. The Labute approximate surface area is 199 Å². The van der Waals surface area contributed by atoms with Gasteiger partial charge in [0.15, 0.2) is 23.0 Å². The number of anilines is 1. The van der Waals surface area contributed by atoms with E-state index >= 15 is 0 Å². The van der Waals surface area contributed by atoms with Gasteiger partial charge in [0.1, 0.15) is 0 Å². The number of carbonyl (C=O) groups is 1. The van der Waals surface area contributed by atoms with Gasteiger partial charge in [-0.2, -0.15) is 8.42 Å². The maximum atomic E-state index is 12.8. The number of unbranched alkanes of at least 4 members (excludes halogenated alkanes) is 1. The lowest BCUT2D eigenvalue weighted by atomic mass is 9.88. The van der Waals surface area contributed by atoms with Crippen molar-refractivity contribution in [3.05, 3.63) is 48.0 Å². The van der Waals surface area contributed by atoms with E-state index in [9.17, 15) is 13.2 Å². The van der Waals surface area contributed by atoms with Crippen LogP contribution in [0.15, 0.2) is 42.5 Å². The number of amides is 1. The van der Waals surface area contributed by atoms with E-state index < -0.39 is 16.2 Å². The van der Waals surface area contributed by atoms with Gasteiger partial charge in [-0.05, 0) is 24.1 Å². The first-order chi connectivity index (χ1) is 16.2. The Morgan fingerprint density at radius 2 is 1.53 bits per heavy atom. The van der Waals surface area contributed by atoms with Crippen molar-refractivity contribution in [3.8, 4) is 28.7 Å². The largest absolute Gasteiger partial charge is 0.493 e. The number of ether oxygens (including phenoxy) is 4. The molecule has 9 nitrogen and oxygen atoms in total. The van der Waals surface area contributed by atoms with Crippen molar-refractivity contribution < 1.29 is 36.3 Å². The molecule has 1 amide bonds. The van der Waals surface area contributed by atoms with E-state index in [-0.39, 0.29) is 23.2 Å². The normalized spacial score (nSPS) is 15.6. The van der Waals surface area contributed by atoms with Crippen molar-refractivity contribution in [2.75, 3.05) is 39.1 Å². The second kappa shape index (κ2) is 10.3. The molecule has 1 saturated heterocycles. The van der Waals surface area contributed by atoms with E-state index in [0.717, 1.165) is 0 Å². The molecule has 1 atom stereocenters. The highest BCUT2D eigenvalue weighted by molar-refractivity contribution is 7.87. The number of hydrogen-bond acceptors (Lipinski definition) is 8. The molecule has 0 saturated carbocycles. The van der Waals surface area contributed by atoms with E-state index in [1.54, 1.807) is 30.3 Å². The Morgan fingerprint density at radius 1 is 0.912 bits per heavy atom. The number of hydrogen-bond donors (Lipinski definition) is 0. The zero-order valence-electron chi connectivity index (χ0n) is 19.9. The Kier molecular flexibility index (Phi) is 7.61. The summed E-state index contributed by atoms with van der Waals surface area (Å²) in [6, 6.07) is 7.65. The average Bonchev–Trinajstić information content (AvgIpc) is 2.84. The molecule has 3 rings (SSSR count). The molecule has 0 bridgehead atoms. The molecule has 1 aliphatic heterocycles. The molecule has 2 aromatic carbocycles. The maximum absolute atomic E-state index is 12.8. The van der Waals surface area contributed by atoms with Gasteiger partial charge in [0.05, 0.1) is 45.9 Å². The third-order valence-corrected chi connectivity index (χ3v) is 6.70. The molecular weight excluding hydrogens is 462 g/mol. The van der Waals surface area contributed by atoms with E-state index in [1.165, 1.54) is 33.3 Å². The fraction of sp³-hybridized carbons (Fsp3) is 0.375. The first-order valence-electron chi connectivity index (χ1n) is 10.6. The molecule has 1 unspecified atom stereocenters. The summed E-state index contributed by atoms with van der Waals surface area (Å²) < 4.78 is 51.6. The summed E-state index contributed by atoms with van der Waals surface area (Å²) in [6.45, 7) is 5.81. The van der Waals surface area contributed by atoms with Crippen LogP contribution in [-0.4, -0.2) is 48.5 Å². The molecule has 34 heavy (non-hydrogen) atoms. The van der Waals surface area contributed by atoms with E-state index in [2.05, 4.69) is 6.58 Å². The summed E-state index contributed by atoms with van der Waals surface area (Å²) in [5, 5.41) is 0. The van der Waals surface area contributed by atoms with Gasteiger partial charge in [0.25, 0.3) is 5.91 Å². The van der Waals surface area contributed by atoms with Crippen LogP contribution in [0.5, 0.6) is 28.7 Å². The Balaban J connectivity index is 2.03. The van der Waals surface area contributed by atoms with E-state index in [0.29, 0.717) is 46.9 Å². The number of nitrogens with zero attached hydrogens (tertiary/aromatic N) is 1. The van der Waals surface area contributed by atoms with Gasteiger partial charge in [-0.3, -0.25) is 9.69 Å². The summed E-state index contributed by atoms with van der Waals surface area (Å²) >= 11 is 0. The lowest BCUT2D eigenvalue weighted by molar-refractivity contribution is -0.119. The van der Waals surface area contributed by atoms with Crippen molar-refractivity contribution in [1.29, 1.82) is 0 Å². The third kappa shape index (κ3) is 4.77. The molecule has 184 valence electrons. The highest BCUT2D eigenvalue weighted by atomic mass is 32.2. The van der Waals surface area contributed by atoms with Crippen LogP contribution >= 0.6 is 0 Å². The van der Waals surface area contributed by atoms with Crippen molar-refractivity contribution in [2.24, 2.45) is 0 Å². The number of benzene rings is 2. The number of rotatable bonds is 11. The Bertz CT molecular complexity index is 1170. The molecule has 1 aliphatic rings. The lowest BCUT2D eigenvalue weighted by Gasteiger charge is -2.42. The summed E-state index contributed by atoms with van der Waals surface area (Å²) in [6.07, 6.45) is 1.20. The van der Waals surface area contributed by atoms with Crippen LogP contribution in [0.4, 0.5) is 5.69 Å². The van der Waals surface area contributed by atoms with E-state index in [1.807, 2.05) is 6.92 Å². The third-order valence-electron chi connectivity index (χ3n) is 5.48. The molecule has 0 aromatic heterocycles.